The third-order valence-electron chi connectivity index (χ3n) is 3.27. The Morgan fingerprint density at radius 2 is 2.06 bits per heavy atom. The maximum atomic E-state index is 13.0. The third-order valence-corrected chi connectivity index (χ3v) is 3.50. The summed E-state index contributed by atoms with van der Waals surface area (Å²) in [6.45, 7) is 0. The first-order valence-corrected chi connectivity index (χ1v) is 6.16. The van der Waals surface area contributed by atoms with Crippen molar-refractivity contribution in [1.82, 2.24) is 0 Å². The maximum Gasteiger partial charge on any atom is 0.303 e. The predicted molar refractivity (Wildman–Crippen MR) is 64.1 cm³/mol. The van der Waals surface area contributed by atoms with Crippen molar-refractivity contribution in [3.63, 3.8) is 0 Å². The van der Waals surface area contributed by atoms with E-state index in [0.29, 0.717) is 10.6 Å². The summed E-state index contributed by atoms with van der Waals surface area (Å²) in [6, 6.07) is 4.19. The number of halogens is 3. The van der Waals surface area contributed by atoms with E-state index in [-0.39, 0.29) is 23.8 Å². The number of alkyl halides is 2. The average Bonchev–Trinajstić information content (AvgIpc) is 3.08. The molecule has 1 fully saturated rings. The second kappa shape index (κ2) is 5.22. The van der Waals surface area contributed by atoms with Crippen molar-refractivity contribution in [1.29, 1.82) is 0 Å². The van der Waals surface area contributed by atoms with Crippen molar-refractivity contribution in [2.45, 2.75) is 31.6 Å². The fourth-order valence-electron chi connectivity index (χ4n) is 2.28. The van der Waals surface area contributed by atoms with Crippen molar-refractivity contribution in [3.05, 3.63) is 34.3 Å². The number of carboxylic acid groups (broad SMARTS) is 1. The molecular weight excluding hydrogens is 262 g/mol. The van der Waals surface area contributed by atoms with Crippen LogP contribution in [-0.2, 0) is 4.79 Å². The van der Waals surface area contributed by atoms with Crippen LogP contribution in [0, 0.1) is 5.92 Å². The molecule has 2 rings (SSSR count). The van der Waals surface area contributed by atoms with Crippen LogP contribution in [0.1, 0.15) is 42.7 Å². The van der Waals surface area contributed by atoms with Gasteiger partial charge in [-0.1, -0.05) is 17.7 Å². The maximum absolute atomic E-state index is 13.0. The van der Waals surface area contributed by atoms with E-state index < -0.39 is 12.4 Å². The van der Waals surface area contributed by atoms with Gasteiger partial charge in [-0.2, -0.15) is 0 Å². The van der Waals surface area contributed by atoms with Crippen LogP contribution < -0.4 is 0 Å². The van der Waals surface area contributed by atoms with Gasteiger partial charge in [-0.05, 0) is 42.4 Å². The summed E-state index contributed by atoms with van der Waals surface area (Å²) >= 11 is 5.83. The van der Waals surface area contributed by atoms with Crippen LogP contribution in [-0.4, -0.2) is 11.1 Å². The first-order valence-electron chi connectivity index (χ1n) is 5.78. The lowest BCUT2D eigenvalue weighted by Crippen LogP contribution is -2.11. The summed E-state index contributed by atoms with van der Waals surface area (Å²) in [6.07, 6.45) is -0.933. The van der Waals surface area contributed by atoms with Gasteiger partial charge in [0.15, 0.2) is 0 Å². The highest BCUT2D eigenvalue weighted by molar-refractivity contribution is 6.30. The van der Waals surface area contributed by atoms with E-state index in [1.54, 1.807) is 0 Å². The normalized spacial score (nSPS) is 16.9. The second-order valence-electron chi connectivity index (χ2n) is 4.62. The highest BCUT2D eigenvalue weighted by atomic mass is 35.5. The molecule has 1 atom stereocenters. The topological polar surface area (TPSA) is 37.3 Å². The molecule has 5 heteroatoms. The van der Waals surface area contributed by atoms with E-state index in [9.17, 15) is 13.6 Å². The van der Waals surface area contributed by atoms with Crippen LogP contribution in [0.5, 0.6) is 0 Å². The van der Waals surface area contributed by atoms with Crippen LogP contribution in [0.4, 0.5) is 8.78 Å². The van der Waals surface area contributed by atoms with E-state index >= 15 is 0 Å². The standard InChI is InChI=1S/C13H13ClF2O2/c14-8-3-4-9(13(15)16)11(5-8)10(6-12(17)18)7-1-2-7/h3-5,7,10,13H,1-2,6H2,(H,17,18). The Morgan fingerprint density at radius 3 is 2.56 bits per heavy atom. The van der Waals surface area contributed by atoms with Gasteiger partial charge in [-0.3, -0.25) is 4.79 Å². The van der Waals surface area contributed by atoms with Gasteiger partial charge in [0.05, 0.1) is 6.42 Å². The van der Waals surface area contributed by atoms with Crippen LogP contribution in [0.25, 0.3) is 0 Å². The molecule has 0 radical (unpaired) electrons. The molecule has 1 N–H and O–H groups in total. The van der Waals surface area contributed by atoms with Crippen molar-refractivity contribution in [2.24, 2.45) is 5.92 Å². The van der Waals surface area contributed by atoms with E-state index in [1.807, 2.05) is 0 Å². The predicted octanol–water partition coefficient (Wildman–Crippen LogP) is 4.25. The summed E-state index contributed by atoms with van der Waals surface area (Å²) < 4.78 is 25.9. The Morgan fingerprint density at radius 1 is 1.39 bits per heavy atom. The quantitative estimate of drug-likeness (QED) is 0.872. The zero-order chi connectivity index (χ0) is 13.3. The lowest BCUT2D eigenvalue weighted by atomic mass is 9.87. The molecule has 1 saturated carbocycles. The van der Waals surface area contributed by atoms with Gasteiger partial charge < -0.3 is 5.11 Å². The smallest absolute Gasteiger partial charge is 0.303 e. The van der Waals surface area contributed by atoms with Crippen molar-refractivity contribution in [2.75, 3.05) is 0 Å². The molecule has 1 aliphatic rings. The number of aliphatic carboxylic acids is 1. The van der Waals surface area contributed by atoms with E-state index in [0.717, 1.165) is 12.8 Å². The molecule has 1 aromatic rings. The molecule has 0 bridgehead atoms. The van der Waals surface area contributed by atoms with Crippen LogP contribution in [0.15, 0.2) is 18.2 Å². The fourth-order valence-corrected chi connectivity index (χ4v) is 2.46. The number of hydrogen-bond donors (Lipinski definition) is 1. The molecule has 1 unspecified atom stereocenters. The average molecular weight is 275 g/mol. The zero-order valence-electron chi connectivity index (χ0n) is 9.57. The summed E-state index contributed by atoms with van der Waals surface area (Å²) in [7, 11) is 0. The number of carbonyl (C=O) groups is 1. The number of carboxylic acids is 1. The minimum atomic E-state index is -2.60. The Bertz CT molecular complexity index is 458. The van der Waals surface area contributed by atoms with E-state index in [2.05, 4.69) is 0 Å². The molecule has 0 amide bonds. The summed E-state index contributed by atoms with van der Waals surface area (Å²) in [5, 5.41) is 9.27. The van der Waals surface area contributed by atoms with Crippen LogP contribution in [0.3, 0.4) is 0 Å². The zero-order valence-corrected chi connectivity index (χ0v) is 10.3. The summed E-state index contributed by atoms with van der Waals surface area (Å²) in [5.41, 5.74) is 0.292. The molecular formula is C13H13ClF2O2. The minimum Gasteiger partial charge on any atom is -0.481 e. The van der Waals surface area contributed by atoms with E-state index in [4.69, 9.17) is 16.7 Å². The largest absolute Gasteiger partial charge is 0.481 e. The van der Waals surface area contributed by atoms with Crippen LogP contribution >= 0.6 is 11.6 Å². The first-order chi connectivity index (χ1) is 8.49. The van der Waals surface area contributed by atoms with Crippen molar-refractivity contribution < 1.29 is 18.7 Å². The minimum absolute atomic E-state index is 0.0995. The van der Waals surface area contributed by atoms with Crippen molar-refractivity contribution >= 4 is 17.6 Å². The Balaban J connectivity index is 2.38. The Kier molecular flexibility index (Phi) is 3.85. The highest BCUT2D eigenvalue weighted by Crippen LogP contribution is 2.47. The highest BCUT2D eigenvalue weighted by Gasteiger charge is 2.36. The summed E-state index contributed by atoms with van der Waals surface area (Å²) in [4.78, 5) is 10.9. The number of rotatable bonds is 5. The number of hydrogen-bond acceptors (Lipinski definition) is 1. The van der Waals surface area contributed by atoms with Crippen molar-refractivity contribution in [3.8, 4) is 0 Å². The fraction of sp³-hybridized carbons (Fsp3) is 0.462. The van der Waals surface area contributed by atoms with Gasteiger partial charge >= 0.3 is 5.97 Å². The van der Waals surface area contributed by atoms with Gasteiger partial charge in [0.25, 0.3) is 6.43 Å². The van der Waals surface area contributed by atoms with Crippen LogP contribution in [0.2, 0.25) is 5.02 Å². The molecule has 98 valence electrons. The Hall–Kier alpha value is -1.16. The molecule has 0 heterocycles. The number of benzene rings is 1. The third kappa shape index (κ3) is 2.99. The lowest BCUT2D eigenvalue weighted by Gasteiger charge is -2.18. The molecule has 0 aliphatic heterocycles. The van der Waals surface area contributed by atoms with Gasteiger partial charge in [0.1, 0.15) is 0 Å². The molecule has 1 aliphatic carbocycles. The lowest BCUT2D eigenvalue weighted by molar-refractivity contribution is -0.137. The summed E-state index contributed by atoms with van der Waals surface area (Å²) in [5.74, 6) is -1.13. The SMILES string of the molecule is O=C(O)CC(c1cc(Cl)ccc1C(F)F)C1CC1. The van der Waals surface area contributed by atoms with Gasteiger partial charge in [0, 0.05) is 10.6 Å². The molecule has 0 aromatic heterocycles. The second-order valence-corrected chi connectivity index (χ2v) is 5.05. The molecule has 2 nitrogen and oxygen atoms in total. The van der Waals surface area contributed by atoms with Gasteiger partial charge in [-0.25, -0.2) is 8.78 Å². The van der Waals surface area contributed by atoms with Gasteiger partial charge in [-0.15, -0.1) is 0 Å². The molecule has 0 saturated heterocycles. The van der Waals surface area contributed by atoms with E-state index in [1.165, 1.54) is 18.2 Å². The molecule has 1 aromatic carbocycles. The molecule has 18 heavy (non-hydrogen) atoms. The monoisotopic (exact) mass is 274 g/mol. The Labute approximate surface area is 109 Å². The first kappa shape index (κ1) is 13.3. The molecule has 0 spiro atoms. The van der Waals surface area contributed by atoms with Gasteiger partial charge in [0.2, 0.25) is 0 Å².